The van der Waals surface area contributed by atoms with Crippen molar-refractivity contribution in [3.63, 3.8) is 0 Å². The van der Waals surface area contributed by atoms with Crippen LogP contribution in [0.2, 0.25) is 0 Å². The maximum absolute atomic E-state index is 12.7. The van der Waals surface area contributed by atoms with Crippen LogP contribution in [0.5, 0.6) is 0 Å². The van der Waals surface area contributed by atoms with Crippen molar-refractivity contribution in [3.8, 4) is 0 Å². The van der Waals surface area contributed by atoms with Crippen LogP contribution in [0, 0.1) is 28.6 Å². The van der Waals surface area contributed by atoms with Crippen LogP contribution >= 0.6 is 0 Å². The Hall–Kier alpha value is -2.21. The van der Waals surface area contributed by atoms with Gasteiger partial charge in [0.15, 0.2) is 6.29 Å². The van der Waals surface area contributed by atoms with Crippen LogP contribution in [0.25, 0.3) is 0 Å². The summed E-state index contributed by atoms with van der Waals surface area (Å²) in [6.45, 7) is 4.66. The molecule has 0 radical (unpaired) electrons. The largest absolute Gasteiger partial charge is 0.458 e. The van der Waals surface area contributed by atoms with Gasteiger partial charge in [-0.1, -0.05) is 13.0 Å². The highest BCUT2D eigenvalue weighted by atomic mass is 16.7. The van der Waals surface area contributed by atoms with E-state index in [0.29, 0.717) is 51.7 Å². The fourth-order valence-corrected chi connectivity index (χ4v) is 10.6. The zero-order valence-corrected chi connectivity index (χ0v) is 26.4. The van der Waals surface area contributed by atoms with E-state index >= 15 is 0 Å². The molecule has 0 amide bonds. The molecular formula is C35H48N2O8. The second-order valence-corrected chi connectivity index (χ2v) is 15.0. The normalized spacial score (nSPS) is 48.0. The van der Waals surface area contributed by atoms with Gasteiger partial charge < -0.3 is 34.6 Å². The number of aromatic nitrogens is 1. The van der Waals surface area contributed by atoms with E-state index in [0.717, 1.165) is 30.5 Å². The Kier molecular flexibility index (Phi) is 8.02. The lowest BCUT2D eigenvalue weighted by atomic mass is 9.41. The topological polar surface area (TPSA) is 151 Å². The predicted molar refractivity (Wildman–Crippen MR) is 164 cm³/mol. The third kappa shape index (κ3) is 5.02. The Morgan fingerprint density at radius 3 is 2.64 bits per heavy atom. The number of hydrogen-bond donors (Lipinski definition) is 4. The zero-order chi connectivity index (χ0) is 31.6. The van der Waals surface area contributed by atoms with Gasteiger partial charge in [0.1, 0.15) is 12.7 Å². The van der Waals surface area contributed by atoms with E-state index in [-0.39, 0.29) is 41.7 Å². The van der Waals surface area contributed by atoms with Crippen LogP contribution in [-0.4, -0.2) is 86.1 Å². The van der Waals surface area contributed by atoms with Gasteiger partial charge in [0, 0.05) is 42.2 Å². The summed E-state index contributed by atoms with van der Waals surface area (Å²) in [4.78, 5) is 21.4. The van der Waals surface area contributed by atoms with E-state index in [1.165, 1.54) is 0 Å². The van der Waals surface area contributed by atoms with Crippen molar-refractivity contribution in [1.82, 2.24) is 4.98 Å². The van der Waals surface area contributed by atoms with Crippen molar-refractivity contribution in [1.29, 1.82) is 0 Å². The molecule has 0 bridgehead atoms. The average Bonchev–Trinajstić information content (AvgIpc) is 3.56. The first kappa shape index (κ1) is 31.4. The summed E-state index contributed by atoms with van der Waals surface area (Å²) < 4.78 is 17.5. The second-order valence-electron chi connectivity index (χ2n) is 15.0. The van der Waals surface area contributed by atoms with Crippen molar-refractivity contribution >= 4 is 12.2 Å². The minimum Gasteiger partial charge on any atom is -0.458 e. The van der Waals surface area contributed by atoms with Gasteiger partial charge in [0.05, 0.1) is 41.8 Å². The number of aliphatic hydroxyl groups excluding tert-OH is 2. The van der Waals surface area contributed by atoms with E-state index in [1.807, 2.05) is 24.4 Å². The number of aliphatic hydroxyl groups is 4. The van der Waals surface area contributed by atoms with Gasteiger partial charge in [-0.15, -0.1) is 0 Å². The Balaban J connectivity index is 1.17. The third-order valence-electron chi connectivity index (χ3n) is 12.9. The summed E-state index contributed by atoms with van der Waals surface area (Å²) in [5.74, 6) is -0.181. The van der Waals surface area contributed by atoms with Gasteiger partial charge in [-0.25, -0.2) is 4.79 Å². The van der Waals surface area contributed by atoms with Crippen molar-refractivity contribution in [2.45, 2.75) is 127 Å². The van der Waals surface area contributed by atoms with Gasteiger partial charge in [-0.3, -0.25) is 9.98 Å². The minimum absolute atomic E-state index is 0.0157. The van der Waals surface area contributed by atoms with Crippen LogP contribution in [0.4, 0.5) is 0 Å². The molecule has 0 unspecified atom stereocenters. The number of carbonyl (C=O) groups excluding carboxylic acids is 1. The Morgan fingerprint density at radius 2 is 1.91 bits per heavy atom. The van der Waals surface area contributed by atoms with Crippen LogP contribution in [-0.2, 0) is 25.5 Å². The molecule has 10 heteroatoms. The maximum atomic E-state index is 12.7. The van der Waals surface area contributed by atoms with Crippen molar-refractivity contribution < 1.29 is 39.4 Å². The molecule has 1 saturated heterocycles. The summed E-state index contributed by atoms with van der Waals surface area (Å²) in [6, 6.07) is 5.78. The third-order valence-corrected chi connectivity index (χ3v) is 12.9. The van der Waals surface area contributed by atoms with Crippen LogP contribution in [0.15, 0.2) is 41.0 Å². The van der Waals surface area contributed by atoms with Gasteiger partial charge in [0.25, 0.3) is 0 Å². The smallest absolute Gasteiger partial charge is 0.331 e. The van der Waals surface area contributed by atoms with E-state index in [2.05, 4.69) is 11.9 Å². The Morgan fingerprint density at radius 1 is 1.09 bits per heavy atom. The summed E-state index contributed by atoms with van der Waals surface area (Å²) in [5.41, 5.74) is -1.19. The number of hydrogen-bond acceptors (Lipinski definition) is 10. The first-order chi connectivity index (χ1) is 21.5. The monoisotopic (exact) mass is 624 g/mol. The van der Waals surface area contributed by atoms with Gasteiger partial charge in [-0.2, -0.15) is 0 Å². The van der Waals surface area contributed by atoms with Crippen LogP contribution in [0.3, 0.4) is 0 Å². The van der Waals surface area contributed by atoms with Gasteiger partial charge in [0.2, 0.25) is 0 Å². The standard InChI is InChI=1S/C35H48N2O8/c1-21-31(40)28(38)16-30(44-21)45-24-6-11-33(20-36-18-23-5-3-4-14-37-23)26-7-10-32(2)25(22-15-29(39)43-19-22)9-13-35(32,42)27(26)8-12-34(33,41)17-24/h3-5,14-15,20-21,24-28,30-31,38,40-42H,6-13,16-19H2,1-2H3/t21-,24+,25+,26-,27-,28-,30+,31+,32+,33-,34+,35+/m1/s1. The lowest BCUT2D eigenvalue weighted by molar-refractivity contribution is -0.282. The number of aliphatic imine (C=N–C) groups is 1. The van der Waals surface area contributed by atoms with E-state index in [4.69, 9.17) is 19.2 Å². The fourth-order valence-electron chi connectivity index (χ4n) is 10.6. The molecule has 0 spiro atoms. The highest BCUT2D eigenvalue weighted by Crippen LogP contribution is 2.70. The fraction of sp³-hybridized carbons (Fsp3) is 0.743. The molecule has 5 fully saturated rings. The van der Waals surface area contributed by atoms with E-state index in [1.54, 1.807) is 19.2 Å². The molecule has 6 aliphatic rings. The first-order valence-electron chi connectivity index (χ1n) is 16.9. The van der Waals surface area contributed by atoms with Crippen molar-refractivity contribution in [3.05, 3.63) is 41.7 Å². The molecule has 2 aliphatic heterocycles. The molecule has 1 aromatic heterocycles. The van der Waals surface area contributed by atoms with E-state index < -0.39 is 41.2 Å². The first-order valence-corrected chi connectivity index (χ1v) is 16.9. The number of ether oxygens (including phenoxy) is 3. The Labute approximate surface area is 264 Å². The molecule has 0 aromatic carbocycles. The summed E-state index contributed by atoms with van der Waals surface area (Å²) in [5, 5.41) is 45.9. The summed E-state index contributed by atoms with van der Waals surface area (Å²) >= 11 is 0. The molecule has 7 rings (SSSR count). The van der Waals surface area contributed by atoms with Crippen LogP contribution in [0.1, 0.15) is 83.7 Å². The number of rotatable bonds is 6. The molecular weight excluding hydrogens is 576 g/mol. The van der Waals surface area contributed by atoms with Crippen molar-refractivity contribution in [2.75, 3.05) is 6.61 Å². The number of carbonyl (C=O) groups is 1. The van der Waals surface area contributed by atoms with Crippen molar-refractivity contribution in [2.24, 2.45) is 33.6 Å². The zero-order valence-electron chi connectivity index (χ0n) is 26.4. The lowest BCUT2D eigenvalue weighted by Crippen LogP contribution is -2.69. The Bertz CT molecular complexity index is 1330. The van der Waals surface area contributed by atoms with Gasteiger partial charge >= 0.3 is 5.97 Å². The molecule has 10 nitrogen and oxygen atoms in total. The lowest BCUT2D eigenvalue weighted by Gasteiger charge is -2.66. The average molecular weight is 625 g/mol. The van der Waals surface area contributed by atoms with Crippen LogP contribution < -0.4 is 0 Å². The number of pyridine rings is 1. The highest BCUT2D eigenvalue weighted by molar-refractivity contribution is 5.85. The summed E-state index contributed by atoms with van der Waals surface area (Å²) in [7, 11) is 0. The minimum atomic E-state index is -1.10. The molecule has 4 aliphatic carbocycles. The van der Waals surface area contributed by atoms with Gasteiger partial charge in [-0.05, 0) is 93.7 Å². The molecule has 3 heterocycles. The number of fused-ring (bicyclic) bond motifs is 5. The summed E-state index contributed by atoms with van der Waals surface area (Å²) in [6.07, 6.45) is 8.31. The SMILES string of the molecule is C[C@H]1O[C@@H](O[C@H]2CC[C@@]3(C=NCc4ccccn4)[C@@H]4CC[C@@]5(C)[C@H](C6=CC(=O)OC6)CC[C@]5(O)[C@@H]4CC[C@]3(O)C2)C[C@@H](O)[C@H]1O. The number of cyclic esters (lactones) is 1. The van der Waals surface area contributed by atoms with E-state index in [9.17, 15) is 25.2 Å². The molecule has 1 aromatic rings. The molecule has 45 heavy (non-hydrogen) atoms. The molecule has 4 saturated carbocycles. The molecule has 4 N–H and O–H groups in total. The molecule has 12 atom stereocenters. The highest BCUT2D eigenvalue weighted by Gasteiger charge is 2.71. The number of esters is 1. The second kappa shape index (κ2) is 11.5. The predicted octanol–water partition coefficient (Wildman–Crippen LogP) is 3.25. The quantitative estimate of drug-likeness (QED) is 0.212. The molecule has 246 valence electrons. The maximum Gasteiger partial charge on any atom is 0.331 e. The number of nitrogens with zero attached hydrogens (tertiary/aromatic N) is 2.